The van der Waals surface area contributed by atoms with Crippen molar-refractivity contribution in [2.45, 2.75) is 17.7 Å². The van der Waals surface area contributed by atoms with Crippen LogP contribution in [0.25, 0.3) is 0 Å². The molecule has 1 heterocycles. The van der Waals surface area contributed by atoms with E-state index in [1.54, 1.807) is 12.1 Å². The number of benzene rings is 2. The van der Waals surface area contributed by atoms with Gasteiger partial charge in [-0.1, -0.05) is 42.5 Å². The van der Waals surface area contributed by atoms with Crippen molar-refractivity contribution in [2.75, 3.05) is 13.1 Å². The number of aliphatic carboxylic acids is 1. The highest BCUT2D eigenvalue weighted by Gasteiger charge is 2.19. The zero-order valence-electron chi connectivity index (χ0n) is 19.5. The third-order valence-corrected chi connectivity index (χ3v) is 6.41. The van der Waals surface area contributed by atoms with E-state index < -0.39 is 34.4 Å². The summed E-state index contributed by atoms with van der Waals surface area (Å²) in [5, 5.41) is 13.5. The molecule has 3 amide bonds. The van der Waals surface area contributed by atoms with Gasteiger partial charge < -0.3 is 15.7 Å². The van der Waals surface area contributed by atoms with Gasteiger partial charge in [-0.25, -0.2) is 13.1 Å². The topological polar surface area (TPSA) is 172 Å². The minimum Gasteiger partial charge on any atom is -0.480 e. The van der Waals surface area contributed by atoms with Crippen LogP contribution in [-0.4, -0.2) is 55.3 Å². The summed E-state index contributed by atoms with van der Waals surface area (Å²) in [6.07, 6.45) is 1.77. The van der Waals surface area contributed by atoms with Gasteiger partial charge in [0.25, 0.3) is 21.8 Å². The third kappa shape index (κ3) is 8.25. The van der Waals surface area contributed by atoms with E-state index in [4.69, 9.17) is 5.11 Å². The average molecular weight is 525 g/mol. The van der Waals surface area contributed by atoms with E-state index >= 15 is 0 Å². The number of pyridine rings is 1. The fourth-order valence-electron chi connectivity index (χ4n) is 3.17. The van der Waals surface area contributed by atoms with Crippen molar-refractivity contribution in [1.29, 1.82) is 0 Å². The maximum Gasteiger partial charge on any atom is 0.322 e. The fourth-order valence-corrected chi connectivity index (χ4v) is 4.15. The number of nitrogens with one attached hydrogen (secondary N) is 3. The van der Waals surface area contributed by atoms with Gasteiger partial charge in [-0.15, -0.1) is 0 Å². The maximum absolute atomic E-state index is 12.6. The Bertz CT molecular complexity index is 1370. The molecule has 11 nitrogen and oxygen atoms in total. The first-order valence-corrected chi connectivity index (χ1v) is 12.5. The summed E-state index contributed by atoms with van der Waals surface area (Å²) in [4.78, 5) is 50.4. The predicted molar refractivity (Wildman–Crippen MR) is 132 cm³/mol. The van der Waals surface area contributed by atoms with E-state index in [-0.39, 0.29) is 28.5 Å². The van der Waals surface area contributed by atoms with Crippen LogP contribution in [0.3, 0.4) is 0 Å². The molecule has 3 aromatic rings. The third-order valence-electron chi connectivity index (χ3n) is 5.06. The monoisotopic (exact) mass is 524 g/mol. The molecule has 0 fully saturated rings. The Hall–Kier alpha value is -4.58. The number of aromatic nitrogens is 1. The quantitative estimate of drug-likeness (QED) is 0.287. The summed E-state index contributed by atoms with van der Waals surface area (Å²) in [6.45, 7) is -0.214. The minimum atomic E-state index is -4.18. The molecular formula is C25H24N4O7S. The molecule has 0 saturated heterocycles. The Morgan fingerprint density at radius 2 is 1.51 bits per heavy atom. The molecular weight excluding hydrogens is 500 g/mol. The molecule has 0 bridgehead atoms. The molecule has 0 saturated carbocycles. The van der Waals surface area contributed by atoms with Crippen LogP contribution in [0.1, 0.15) is 32.0 Å². The standard InChI is InChI=1S/C25H24N4O7S/c30-22(14-18-4-2-1-3-5-18)26-13-12-17-6-9-20(10-7-17)37(35,36)29-24(33)19-8-11-21(27-15-19)25(34)28-16-23(31)32/h1-11,15H,12-14,16H2,(H,26,30)(H,28,34)(H,29,33)(H,31,32). The van der Waals surface area contributed by atoms with Gasteiger partial charge in [0.2, 0.25) is 5.91 Å². The van der Waals surface area contributed by atoms with Crippen molar-refractivity contribution in [3.63, 3.8) is 0 Å². The molecule has 0 radical (unpaired) electrons. The maximum atomic E-state index is 12.6. The molecule has 0 aliphatic rings. The highest BCUT2D eigenvalue weighted by atomic mass is 32.2. The van der Waals surface area contributed by atoms with E-state index in [0.29, 0.717) is 13.0 Å². The summed E-state index contributed by atoms with van der Waals surface area (Å²) < 4.78 is 27.1. The van der Waals surface area contributed by atoms with Crippen molar-refractivity contribution in [1.82, 2.24) is 20.3 Å². The minimum absolute atomic E-state index is 0.110. The summed E-state index contributed by atoms with van der Waals surface area (Å²) >= 11 is 0. The molecule has 12 heteroatoms. The normalized spacial score (nSPS) is 10.8. The number of sulfonamides is 1. The first-order chi connectivity index (χ1) is 17.6. The number of hydrogen-bond acceptors (Lipinski definition) is 7. The van der Waals surface area contributed by atoms with Crippen LogP contribution >= 0.6 is 0 Å². The van der Waals surface area contributed by atoms with Crippen LogP contribution in [0.15, 0.2) is 77.8 Å². The molecule has 0 spiro atoms. The van der Waals surface area contributed by atoms with Crippen molar-refractivity contribution in [2.24, 2.45) is 0 Å². The van der Waals surface area contributed by atoms with Gasteiger partial charge in [-0.2, -0.15) is 0 Å². The second kappa shape index (κ2) is 12.4. The zero-order valence-corrected chi connectivity index (χ0v) is 20.3. The molecule has 1 aromatic heterocycles. The highest BCUT2D eigenvalue weighted by molar-refractivity contribution is 7.90. The first-order valence-electron chi connectivity index (χ1n) is 11.1. The molecule has 0 aliphatic heterocycles. The van der Waals surface area contributed by atoms with E-state index in [9.17, 15) is 27.6 Å². The lowest BCUT2D eigenvalue weighted by Gasteiger charge is -2.09. The van der Waals surface area contributed by atoms with Crippen LogP contribution in [0, 0.1) is 0 Å². The summed E-state index contributed by atoms with van der Waals surface area (Å²) in [7, 11) is -4.18. The molecule has 0 aliphatic carbocycles. The van der Waals surface area contributed by atoms with Crippen LogP contribution in [0.5, 0.6) is 0 Å². The molecule has 0 unspecified atom stereocenters. The molecule has 2 aromatic carbocycles. The Kier molecular flexibility index (Phi) is 9.05. The number of nitrogens with zero attached hydrogens (tertiary/aromatic N) is 1. The Morgan fingerprint density at radius 1 is 0.811 bits per heavy atom. The van der Waals surface area contributed by atoms with Crippen LogP contribution in [-0.2, 0) is 32.5 Å². The Morgan fingerprint density at radius 3 is 2.14 bits per heavy atom. The smallest absolute Gasteiger partial charge is 0.322 e. The summed E-state index contributed by atoms with van der Waals surface area (Å²) in [6, 6.07) is 17.6. The van der Waals surface area contributed by atoms with Gasteiger partial charge in [0, 0.05) is 12.7 Å². The molecule has 3 rings (SSSR count). The number of carbonyl (C=O) groups is 4. The number of carbonyl (C=O) groups excluding carboxylic acids is 3. The Labute approximate surface area is 213 Å². The summed E-state index contributed by atoms with van der Waals surface area (Å²) in [5.74, 6) is -3.04. The SMILES string of the molecule is O=C(O)CNC(=O)c1ccc(C(=O)NS(=O)(=O)c2ccc(CCNC(=O)Cc3ccccc3)cc2)cn1. The van der Waals surface area contributed by atoms with E-state index in [2.05, 4.69) is 15.6 Å². The lowest BCUT2D eigenvalue weighted by Crippen LogP contribution is -2.31. The predicted octanol–water partition coefficient (Wildman–Crippen LogP) is 0.916. The van der Waals surface area contributed by atoms with Crippen molar-refractivity contribution >= 4 is 33.7 Å². The molecule has 4 N–H and O–H groups in total. The van der Waals surface area contributed by atoms with Gasteiger partial charge in [0.05, 0.1) is 16.9 Å². The van der Waals surface area contributed by atoms with Gasteiger partial charge in [0.15, 0.2) is 0 Å². The van der Waals surface area contributed by atoms with Gasteiger partial charge in [-0.3, -0.25) is 24.2 Å². The van der Waals surface area contributed by atoms with Crippen LogP contribution in [0.4, 0.5) is 0 Å². The largest absolute Gasteiger partial charge is 0.480 e. The number of rotatable bonds is 11. The van der Waals surface area contributed by atoms with Gasteiger partial charge >= 0.3 is 5.97 Å². The second-order valence-corrected chi connectivity index (χ2v) is 9.53. The zero-order chi connectivity index (χ0) is 26.8. The lowest BCUT2D eigenvalue weighted by molar-refractivity contribution is -0.135. The number of amides is 3. The van der Waals surface area contributed by atoms with Crippen molar-refractivity contribution in [3.05, 3.63) is 95.3 Å². The lowest BCUT2D eigenvalue weighted by atomic mass is 10.1. The van der Waals surface area contributed by atoms with Crippen molar-refractivity contribution < 1.29 is 32.7 Å². The number of carboxylic acid groups (broad SMARTS) is 1. The van der Waals surface area contributed by atoms with E-state index in [1.165, 1.54) is 24.3 Å². The average Bonchev–Trinajstić information content (AvgIpc) is 2.88. The van der Waals surface area contributed by atoms with E-state index in [1.807, 2.05) is 35.1 Å². The van der Waals surface area contributed by atoms with Gasteiger partial charge in [0.1, 0.15) is 12.2 Å². The number of carboxylic acids is 1. The molecule has 0 atom stereocenters. The Balaban J connectivity index is 1.51. The fraction of sp³-hybridized carbons (Fsp3) is 0.160. The molecule has 192 valence electrons. The van der Waals surface area contributed by atoms with Crippen LogP contribution in [0.2, 0.25) is 0 Å². The number of hydrogen-bond donors (Lipinski definition) is 4. The second-order valence-electron chi connectivity index (χ2n) is 7.85. The van der Waals surface area contributed by atoms with Crippen molar-refractivity contribution in [3.8, 4) is 0 Å². The molecule has 37 heavy (non-hydrogen) atoms. The van der Waals surface area contributed by atoms with Crippen LogP contribution < -0.4 is 15.4 Å². The first kappa shape index (κ1) is 27.0. The van der Waals surface area contributed by atoms with Gasteiger partial charge in [-0.05, 0) is 41.8 Å². The summed E-state index contributed by atoms with van der Waals surface area (Å²) in [5.41, 5.74) is 1.46. The van der Waals surface area contributed by atoms with E-state index in [0.717, 1.165) is 17.3 Å². The highest BCUT2D eigenvalue weighted by Crippen LogP contribution is 2.12.